The fourth-order valence-corrected chi connectivity index (χ4v) is 1.95. The van der Waals surface area contributed by atoms with Gasteiger partial charge in [0.1, 0.15) is 5.69 Å². The van der Waals surface area contributed by atoms with Gasteiger partial charge in [0.15, 0.2) is 0 Å². The maximum Gasteiger partial charge on any atom is 0.433 e. The Bertz CT molecular complexity index is 413. The lowest BCUT2D eigenvalue weighted by molar-refractivity contribution is -0.141. The SMILES string of the molecule is C=CCSc1cnc(C(F)(F)F)c(CC=C)c1. The van der Waals surface area contributed by atoms with E-state index in [-0.39, 0.29) is 12.0 Å². The fourth-order valence-electron chi connectivity index (χ4n) is 1.29. The second kappa shape index (κ2) is 5.91. The van der Waals surface area contributed by atoms with Crippen molar-refractivity contribution in [2.75, 3.05) is 5.75 Å². The molecule has 92 valence electrons. The second-order valence-electron chi connectivity index (χ2n) is 3.27. The van der Waals surface area contributed by atoms with Crippen LogP contribution >= 0.6 is 11.8 Å². The van der Waals surface area contributed by atoms with Gasteiger partial charge in [0.2, 0.25) is 0 Å². The number of rotatable bonds is 5. The Morgan fingerprint density at radius 1 is 1.29 bits per heavy atom. The minimum absolute atomic E-state index is 0.154. The van der Waals surface area contributed by atoms with Crippen molar-refractivity contribution in [2.45, 2.75) is 17.5 Å². The van der Waals surface area contributed by atoms with E-state index in [0.717, 1.165) is 0 Å². The molecule has 0 radical (unpaired) electrons. The Labute approximate surface area is 102 Å². The monoisotopic (exact) mass is 259 g/mol. The quantitative estimate of drug-likeness (QED) is 0.583. The molecule has 0 spiro atoms. The van der Waals surface area contributed by atoms with E-state index in [2.05, 4.69) is 18.1 Å². The van der Waals surface area contributed by atoms with Gasteiger partial charge in [-0.1, -0.05) is 12.2 Å². The van der Waals surface area contributed by atoms with Crippen molar-refractivity contribution >= 4 is 11.8 Å². The number of nitrogens with zero attached hydrogens (tertiary/aromatic N) is 1. The van der Waals surface area contributed by atoms with Crippen molar-refractivity contribution in [3.8, 4) is 0 Å². The van der Waals surface area contributed by atoms with E-state index in [1.807, 2.05) is 0 Å². The van der Waals surface area contributed by atoms with Crippen LogP contribution in [-0.2, 0) is 12.6 Å². The number of thioether (sulfide) groups is 1. The summed E-state index contributed by atoms with van der Waals surface area (Å²) in [5.41, 5.74) is -0.679. The Kier molecular flexibility index (Phi) is 4.81. The highest BCUT2D eigenvalue weighted by Gasteiger charge is 2.34. The smallest absolute Gasteiger partial charge is 0.250 e. The number of aromatic nitrogens is 1. The molecule has 0 saturated carbocycles. The van der Waals surface area contributed by atoms with Crippen LogP contribution < -0.4 is 0 Å². The van der Waals surface area contributed by atoms with Crippen molar-refractivity contribution in [3.05, 3.63) is 48.8 Å². The molecule has 0 saturated heterocycles. The molecule has 0 amide bonds. The van der Waals surface area contributed by atoms with Gasteiger partial charge >= 0.3 is 6.18 Å². The first-order chi connectivity index (χ1) is 7.99. The Balaban J connectivity index is 3.07. The molecule has 1 nitrogen and oxygen atoms in total. The van der Waals surface area contributed by atoms with Gasteiger partial charge < -0.3 is 0 Å². The van der Waals surface area contributed by atoms with Crippen LogP contribution in [0, 0.1) is 0 Å². The highest BCUT2D eigenvalue weighted by molar-refractivity contribution is 7.99. The van der Waals surface area contributed by atoms with Crippen LogP contribution in [0.2, 0.25) is 0 Å². The van der Waals surface area contributed by atoms with Crippen LogP contribution in [0.25, 0.3) is 0 Å². The summed E-state index contributed by atoms with van der Waals surface area (Å²) in [5.74, 6) is 0.639. The summed E-state index contributed by atoms with van der Waals surface area (Å²) in [6.07, 6.45) is 0.109. The summed E-state index contributed by atoms with van der Waals surface area (Å²) in [6, 6.07) is 1.51. The van der Waals surface area contributed by atoms with Gasteiger partial charge in [-0.2, -0.15) is 13.2 Å². The van der Waals surface area contributed by atoms with Crippen LogP contribution in [0.15, 0.2) is 42.5 Å². The number of hydrogen-bond donors (Lipinski definition) is 0. The summed E-state index contributed by atoms with van der Waals surface area (Å²) < 4.78 is 37.9. The largest absolute Gasteiger partial charge is 0.433 e. The van der Waals surface area contributed by atoms with Crippen molar-refractivity contribution in [3.63, 3.8) is 0 Å². The topological polar surface area (TPSA) is 12.9 Å². The van der Waals surface area contributed by atoms with E-state index in [0.29, 0.717) is 10.6 Å². The maximum atomic E-state index is 12.6. The number of hydrogen-bond acceptors (Lipinski definition) is 2. The lowest BCUT2D eigenvalue weighted by Crippen LogP contribution is -2.11. The van der Waals surface area contributed by atoms with E-state index in [9.17, 15) is 13.2 Å². The summed E-state index contributed by atoms with van der Waals surface area (Å²) in [5, 5.41) is 0. The van der Waals surface area contributed by atoms with Crippen molar-refractivity contribution in [2.24, 2.45) is 0 Å². The summed E-state index contributed by atoms with van der Waals surface area (Å²) >= 11 is 1.40. The van der Waals surface area contributed by atoms with Gasteiger partial charge in [0, 0.05) is 16.8 Å². The third-order valence-corrected chi connectivity index (χ3v) is 2.90. The molecule has 0 aliphatic carbocycles. The summed E-state index contributed by atoms with van der Waals surface area (Å²) in [4.78, 5) is 4.20. The molecule has 1 heterocycles. The number of pyridine rings is 1. The highest BCUT2D eigenvalue weighted by Crippen LogP contribution is 2.32. The minimum Gasteiger partial charge on any atom is -0.250 e. The zero-order chi connectivity index (χ0) is 12.9. The van der Waals surface area contributed by atoms with Crippen LogP contribution in [0.1, 0.15) is 11.3 Å². The second-order valence-corrected chi connectivity index (χ2v) is 4.36. The first-order valence-electron chi connectivity index (χ1n) is 4.89. The molecular weight excluding hydrogens is 247 g/mol. The van der Waals surface area contributed by atoms with Gasteiger partial charge in [-0.3, -0.25) is 4.98 Å². The van der Waals surface area contributed by atoms with E-state index in [1.54, 1.807) is 6.08 Å². The molecule has 0 unspecified atom stereocenters. The van der Waals surface area contributed by atoms with E-state index >= 15 is 0 Å². The van der Waals surface area contributed by atoms with Crippen LogP contribution in [-0.4, -0.2) is 10.7 Å². The number of halogens is 3. The maximum absolute atomic E-state index is 12.6. The standard InChI is InChI=1S/C12H12F3NS/c1-3-5-9-7-10(17-6-4-2)8-16-11(9)12(13,14)15/h3-4,7-8H,1-2,5-6H2. The molecule has 1 rings (SSSR count). The molecule has 0 aliphatic heterocycles. The average molecular weight is 259 g/mol. The molecule has 0 bridgehead atoms. The zero-order valence-electron chi connectivity index (χ0n) is 9.13. The Morgan fingerprint density at radius 2 is 2.00 bits per heavy atom. The van der Waals surface area contributed by atoms with E-state index in [4.69, 9.17) is 0 Å². The summed E-state index contributed by atoms with van der Waals surface area (Å²) in [7, 11) is 0. The number of alkyl halides is 3. The predicted molar refractivity (Wildman–Crippen MR) is 64.1 cm³/mol. The lowest BCUT2D eigenvalue weighted by atomic mass is 10.1. The Morgan fingerprint density at radius 3 is 2.53 bits per heavy atom. The average Bonchev–Trinajstić information content (AvgIpc) is 2.25. The normalized spacial score (nSPS) is 11.2. The molecule has 5 heteroatoms. The minimum atomic E-state index is -4.42. The van der Waals surface area contributed by atoms with Gasteiger partial charge in [0.05, 0.1) is 0 Å². The molecule has 0 fully saturated rings. The van der Waals surface area contributed by atoms with Crippen molar-refractivity contribution in [1.82, 2.24) is 4.98 Å². The molecule has 0 aromatic carbocycles. The van der Waals surface area contributed by atoms with Crippen LogP contribution in [0.4, 0.5) is 13.2 Å². The third kappa shape index (κ3) is 3.93. The molecule has 17 heavy (non-hydrogen) atoms. The van der Waals surface area contributed by atoms with Crippen molar-refractivity contribution in [1.29, 1.82) is 0 Å². The van der Waals surface area contributed by atoms with Crippen LogP contribution in [0.5, 0.6) is 0 Å². The molecular formula is C12H12F3NS. The van der Waals surface area contributed by atoms with Gasteiger partial charge in [0.25, 0.3) is 0 Å². The highest BCUT2D eigenvalue weighted by atomic mass is 32.2. The fraction of sp³-hybridized carbons (Fsp3) is 0.250. The Hall–Kier alpha value is -1.23. The predicted octanol–water partition coefficient (Wildman–Crippen LogP) is 4.11. The first-order valence-corrected chi connectivity index (χ1v) is 5.88. The van der Waals surface area contributed by atoms with Gasteiger partial charge in [-0.15, -0.1) is 24.9 Å². The molecule has 1 aromatic rings. The zero-order valence-corrected chi connectivity index (χ0v) is 9.94. The van der Waals surface area contributed by atoms with E-state index < -0.39 is 11.9 Å². The third-order valence-electron chi connectivity index (χ3n) is 1.94. The lowest BCUT2D eigenvalue weighted by Gasteiger charge is -2.11. The first kappa shape index (κ1) is 13.8. The molecule has 0 N–H and O–H groups in total. The van der Waals surface area contributed by atoms with Crippen molar-refractivity contribution < 1.29 is 13.2 Å². The molecule has 0 aliphatic rings. The van der Waals surface area contributed by atoms with Gasteiger partial charge in [-0.25, -0.2) is 0 Å². The number of allylic oxidation sites excluding steroid dienone is 1. The van der Waals surface area contributed by atoms with Gasteiger partial charge in [-0.05, 0) is 18.1 Å². The van der Waals surface area contributed by atoms with Crippen LogP contribution in [0.3, 0.4) is 0 Å². The van der Waals surface area contributed by atoms with E-state index in [1.165, 1.54) is 30.1 Å². The molecule has 1 aromatic heterocycles. The summed E-state index contributed by atoms with van der Waals surface area (Å²) in [6.45, 7) is 7.01. The molecule has 0 atom stereocenters.